The van der Waals surface area contributed by atoms with Crippen molar-refractivity contribution in [2.45, 2.75) is 53.2 Å². The summed E-state index contributed by atoms with van der Waals surface area (Å²) in [6, 6.07) is 13.1. The number of benzene rings is 2. The van der Waals surface area contributed by atoms with Crippen LogP contribution >= 0.6 is 0 Å². The molecule has 0 aromatic heterocycles. The summed E-state index contributed by atoms with van der Waals surface area (Å²) in [6.07, 6.45) is -0.365. The van der Waals surface area contributed by atoms with E-state index in [1.165, 1.54) is 0 Å². The van der Waals surface area contributed by atoms with Crippen LogP contribution in [-0.2, 0) is 4.79 Å². The third-order valence-corrected chi connectivity index (χ3v) is 4.12. The minimum absolute atomic E-state index is 0.206. The van der Waals surface area contributed by atoms with E-state index in [2.05, 4.69) is 5.32 Å². The molecule has 0 fully saturated rings. The van der Waals surface area contributed by atoms with Crippen LogP contribution in [0, 0.1) is 12.8 Å². The van der Waals surface area contributed by atoms with Crippen LogP contribution in [0.25, 0.3) is 0 Å². The van der Waals surface area contributed by atoms with E-state index < -0.39 is 6.10 Å². The molecule has 0 aliphatic carbocycles. The summed E-state index contributed by atoms with van der Waals surface area (Å²) in [6.45, 7) is 10.4. The predicted molar refractivity (Wildman–Crippen MR) is 111 cm³/mol. The number of nitrogens with one attached hydrogen (secondary N) is 1. The second-order valence-electron chi connectivity index (χ2n) is 7.77. The molecular weight excluding hydrogens is 354 g/mol. The number of rotatable bonds is 9. The Bertz CT molecular complexity index is 769. The number of esters is 1. The highest BCUT2D eigenvalue weighted by Gasteiger charge is 2.16. The van der Waals surface area contributed by atoms with Crippen molar-refractivity contribution < 1.29 is 19.4 Å². The molecule has 2 rings (SSSR count). The number of ether oxygens (including phenoxy) is 2. The standard InChI is InChI=1S/C23H31NO4/c1-15(2)12-23(26)28-21-11-8-18(20(25)14-24-16(3)4)13-22(21)27-19-9-6-17(5)7-10-19/h6-11,13,15-16,20,24-25H,12,14H2,1-5H3. The maximum absolute atomic E-state index is 12.1. The number of hydrogen-bond donors (Lipinski definition) is 2. The summed E-state index contributed by atoms with van der Waals surface area (Å²) in [5.41, 5.74) is 1.82. The molecule has 0 aliphatic heterocycles. The number of carbonyl (C=O) groups excluding carboxylic acids is 1. The predicted octanol–water partition coefficient (Wildman–Crippen LogP) is 4.77. The molecule has 0 amide bonds. The Hall–Kier alpha value is -2.37. The van der Waals surface area contributed by atoms with Gasteiger partial charge >= 0.3 is 5.97 Å². The van der Waals surface area contributed by atoms with Crippen molar-refractivity contribution in [2.75, 3.05) is 6.54 Å². The zero-order valence-electron chi connectivity index (χ0n) is 17.4. The molecule has 1 unspecified atom stereocenters. The normalized spacial score (nSPS) is 12.3. The van der Waals surface area contributed by atoms with Gasteiger partial charge in [0.15, 0.2) is 11.5 Å². The van der Waals surface area contributed by atoms with Gasteiger partial charge < -0.3 is 19.9 Å². The van der Waals surface area contributed by atoms with Gasteiger partial charge in [-0.05, 0) is 42.7 Å². The molecule has 0 aliphatic rings. The lowest BCUT2D eigenvalue weighted by molar-refractivity contribution is -0.135. The second kappa shape index (κ2) is 10.2. The highest BCUT2D eigenvalue weighted by atomic mass is 16.6. The smallest absolute Gasteiger partial charge is 0.311 e. The van der Waals surface area contributed by atoms with Gasteiger partial charge in [-0.3, -0.25) is 4.79 Å². The molecule has 1 atom stereocenters. The molecule has 2 aromatic carbocycles. The van der Waals surface area contributed by atoms with Crippen LogP contribution in [0.3, 0.4) is 0 Å². The fourth-order valence-corrected chi connectivity index (χ4v) is 2.59. The van der Waals surface area contributed by atoms with Gasteiger partial charge in [0.2, 0.25) is 0 Å². The maximum atomic E-state index is 12.1. The molecule has 2 aromatic rings. The fraction of sp³-hybridized carbons (Fsp3) is 0.435. The van der Waals surface area contributed by atoms with E-state index in [0.717, 1.165) is 5.56 Å². The lowest BCUT2D eigenvalue weighted by Crippen LogP contribution is -2.27. The van der Waals surface area contributed by atoms with Gasteiger partial charge in [-0.25, -0.2) is 0 Å². The Balaban J connectivity index is 2.27. The number of aryl methyl sites for hydroxylation is 1. The molecule has 5 heteroatoms. The Labute approximate surface area is 167 Å². The van der Waals surface area contributed by atoms with E-state index in [4.69, 9.17) is 9.47 Å². The van der Waals surface area contributed by atoms with E-state index >= 15 is 0 Å². The molecular formula is C23H31NO4. The van der Waals surface area contributed by atoms with Crippen molar-refractivity contribution in [3.8, 4) is 17.2 Å². The van der Waals surface area contributed by atoms with Gasteiger partial charge in [-0.15, -0.1) is 0 Å². The lowest BCUT2D eigenvalue weighted by atomic mass is 10.1. The monoisotopic (exact) mass is 385 g/mol. The summed E-state index contributed by atoms with van der Waals surface area (Å²) < 4.78 is 11.5. The Kier molecular flexibility index (Phi) is 8.03. The van der Waals surface area contributed by atoms with Gasteiger partial charge in [0, 0.05) is 19.0 Å². The first-order valence-corrected chi connectivity index (χ1v) is 9.75. The van der Waals surface area contributed by atoms with Crippen LogP contribution in [0.15, 0.2) is 42.5 Å². The topological polar surface area (TPSA) is 67.8 Å². The minimum Gasteiger partial charge on any atom is -0.453 e. The van der Waals surface area contributed by atoms with Gasteiger partial charge in [0.25, 0.3) is 0 Å². The van der Waals surface area contributed by atoms with E-state index in [-0.39, 0.29) is 17.9 Å². The number of hydrogen-bond acceptors (Lipinski definition) is 5. The zero-order valence-corrected chi connectivity index (χ0v) is 17.4. The quantitative estimate of drug-likeness (QED) is 0.481. The maximum Gasteiger partial charge on any atom is 0.311 e. The summed E-state index contributed by atoms with van der Waals surface area (Å²) >= 11 is 0. The Morgan fingerprint density at radius 3 is 2.32 bits per heavy atom. The van der Waals surface area contributed by atoms with Crippen molar-refractivity contribution in [2.24, 2.45) is 5.92 Å². The molecule has 0 radical (unpaired) electrons. The lowest BCUT2D eigenvalue weighted by Gasteiger charge is -2.17. The molecule has 152 valence electrons. The van der Waals surface area contributed by atoms with Crippen LogP contribution in [0.4, 0.5) is 0 Å². The number of aliphatic hydroxyl groups is 1. The van der Waals surface area contributed by atoms with Crippen LogP contribution in [0.5, 0.6) is 17.2 Å². The second-order valence-corrected chi connectivity index (χ2v) is 7.77. The summed E-state index contributed by atoms with van der Waals surface area (Å²) in [5, 5.41) is 13.7. The van der Waals surface area contributed by atoms with Gasteiger partial charge in [-0.2, -0.15) is 0 Å². The van der Waals surface area contributed by atoms with Crippen molar-refractivity contribution in [1.29, 1.82) is 0 Å². The first-order valence-electron chi connectivity index (χ1n) is 9.75. The van der Waals surface area contributed by atoms with Crippen LogP contribution < -0.4 is 14.8 Å². The van der Waals surface area contributed by atoms with Crippen molar-refractivity contribution in [3.05, 3.63) is 53.6 Å². The Morgan fingerprint density at radius 1 is 1.04 bits per heavy atom. The molecule has 2 N–H and O–H groups in total. The van der Waals surface area contributed by atoms with Crippen molar-refractivity contribution >= 4 is 5.97 Å². The third kappa shape index (κ3) is 6.98. The Morgan fingerprint density at radius 2 is 1.71 bits per heavy atom. The van der Waals surface area contributed by atoms with E-state index in [0.29, 0.717) is 35.8 Å². The molecule has 0 bridgehead atoms. The average molecular weight is 386 g/mol. The summed E-state index contributed by atoms with van der Waals surface area (Å²) in [7, 11) is 0. The first-order chi connectivity index (χ1) is 13.2. The van der Waals surface area contributed by atoms with Crippen molar-refractivity contribution in [1.82, 2.24) is 5.32 Å². The molecule has 0 saturated heterocycles. The highest BCUT2D eigenvalue weighted by molar-refractivity contribution is 5.73. The highest BCUT2D eigenvalue weighted by Crippen LogP contribution is 2.34. The number of carbonyl (C=O) groups is 1. The summed E-state index contributed by atoms with van der Waals surface area (Å²) in [4.78, 5) is 12.1. The van der Waals surface area contributed by atoms with Crippen LogP contribution in [0.2, 0.25) is 0 Å². The van der Waals surface area contributed by atoms with Gasteiger partial charge in [0.1, 0.15) is 5.75 Å². The van der Waals surface area contributed by atoms with Gasteiger partial charge in [-0.1, -0.05) is 51.5 Å². The minimum atomic E-state index is -0.691. The number of aliphatic hydroxyl groups excluding tert-OH is 1. The molecule has 0 spiro atoms. The largest absolute Gasteiger partial charge is 0.453 e. The zero-order chi connectivity index (χ0) is 20.7. The van der Waals surface area contributed by atoms with E-state index in [9.17, 15) is 9.90 Å². The fourth-order valence-electron chi connectivity index (χ4n) is 2.59. The molecule has 0 saturated carbocycles. The molecule has 5 nitrogen and oxygen atoms in total. The SMILES string of the molecule is Cc1ccc(Oc2cc(C(O)CNC(C)C)ccc2OC(=O)CC(C)C)cc1. The van der Waals surface area contributed by atoms with Gasteiger partial charge in [0.05, 0.1) is 6.10 Å². The third-order valence-electron chi connectivity index (χ3n) is 4.12. The average Bonchev–Trinajstić information content (AvgIpc) is 2.62. The molecule has 0 heterocycles. The van der Waals surface area contributed by atoms with E-state index in [1.807, 2.05) is 58.9 Å². The first kappa shape index (κ1) is 21.9. The van der Waals surface area contributed by atoms with Crippen LogP contribution in [0.1, 0.15) is 51.3 Å². The van der Waals surface area contributed by atoms with Crippen LogP contribution in [-0.4, -0.2) is 23.7 Å². The summed E-state index contributed by atoms with van der Waals surface area (Å²) in [5.74, 6) is 1.29. The molecule has 28 heavy (non-hydrogen) atoms. The van der Waals surface area contributed by atoms with E-state index in [1.54, 1.807) is 18.2 Å². The van der Waals surface area contributed by atoms with Crippen molar-refractivity contribution in [3.63, 3.8) is 0 Å².